The summed E-state index contributed by atoms with van der Waals surface area (Å²) >= 11 is 0. The van der Waals surface area contributed by atoms with Crippen molar-refractivity contribution in [1.29, 1.82) is 0 Å². The minimum Gasteiger partial charge on any atom is -0.462 e. The molecule has 528 valence electrons. The van der Waals surface area contributed by atoms with Gasteiger partial charge in [0.1, 0.15) is 6.61 Å². The van der Waals surface area contributed by atoms with Crippen LogP contribution in [0.15, 0.2) is 134 Å². The third kappa shape index (κ3) is 78.5. The lowest BCUT2D eigenvalue weighted by Gasteiger charge is -2.15. The van der Waals surface area contributed by atoms with Crippen LogP contribution in [-0.4, -0.2) is 36.4 Å². The number of hydrogen-bond donors (Lipinski definition) is 1. The van der Waals surface area contributed by atoms with E-state index in [0.717, 1.165) is 103 Å². The molecule has 0 aliphatic heterocycles. The SMILES string of the molecule is CC/C=C\C/C=C\C/C=C\C/C=C\C/C=C\C/C=C\C/C=C\C/C=C\CCCCCCCCCCCCCCCCC(=O)OC(CO)COC(=O)CCCCCCCCCCCCCCCCCCCCCCCCCC/C=C\C/C=C\C/C=C\CCCCCCC. The Kier molecular flexibility index (Phi) is 77.8. The Labute approximate surface area is 572 Å². The van der Waals surface area contributed by atoms with Crippen molar-refractivity contribution >= 4 is 11.9 Å². The first kappa shape index (κ1) is 88.0. The predicted molar refractivity (Wildman–Crippen MR) is 408 cm³/mol. The summed E-state index contributed by atoms with van der Waals surface area (Å²) in [5.41, 5.74) is 0. The lowest BCUT2D eigenvalue weighted by atomic mass is 10.0. The summed E-state index contributed by atoms with van der Waals surface area (Å²) in [6, 6.07) is 0. The number of rotatable bonds is 73. The molecule has 0 aromatic heterocycles. The maximum atomic E-state index is 12.4. The minimum atomic E-state index is -0.779. The number of hydrogen-bond acceptors (Lipinski definition) is 5. The highest BCUT2D eigenvalue weighted by Gasteiger charge is 2.16. The Morgan fingerprint density at radius 3 is 0.707 bits per heavy atom. The molecule has 0 fully saturated rings. The second-order valence-electron chi connectivity index (χ2n) is 26.4. The lowest BCUT2D eigenvalue weighted by Crippen LogP contribution is -2.28. The van der Waals surface area contributed by atoms with Crippen LogP contribution in [0, 0.1) is 0 Å². The van der Waals surface area contributed by atoms with E-state index < -0.39 is 6.10 Å². The monoisotopic (exact) mass is 1280 g/mol. The van der Waals surface area contributed by atoms with Crippen molar-refractivity contribution in [3.8, 4) is 0 Å². The van der Waals surface area contributed by atoms with Crippen molar-refractivity contribution < 1.29 is 24.2 Å². The molecule has 1 N–H and O–H groups in total. The molecule has 0 rings (SSSR count). The third-order valence-electron chi connectivity index (χ3n) is 17.4. The topological polar surface area (TPSA) is 72.8 Å². The number of aliphatic hydroxyl groups is 1. The Balaban J connectivity index is 3.45. The van der Waals surface area contributed by atoms with Gasteiger partial charge in [-0.1, -0.05) is 392 Å². The number of ether oxygens (including phenoxy) is 2. The molecule has 0 aromatic carbocycles. The molecule has 5 heteroatoms. The van der Waals surface area contributed by atoms with Crippen LogP contribution in [0.3, 0.4) is 0 Å². The summed E-state index contributed by atoms with van der Waals surface area (Å²) in [5, 5.41) is 9.73. The van der Waals surface area contributed by atoms with E-state index in [1.165, 1.54) is 257 Å². The normalized spacial score (nSPS) is 12.9. The van der Waals surface area contributed by atoms with Crippen molar-refractivity contribution in [1.82, 2.24) is 0 Å². The van der Waals surface area contributed by atoms with Gasteiger partial charge in [0.25, 0.3) is 0 Å². The van der Waals surface area contributed by atoms with Gasteiger partial charge in [-0.2, -0.15) is 0 Å². The lowest BCUT2D eigenvalue weighted by molar-refractivity contribution is -0.161. The number of allylic oxidation sites excluding steroid dienone is 22. The van der Waals surface area contributed by atoms with Crippen molar-refractivity contribution in [3.05, 3.63) is 134 Å². The number of esters is 2. The van der Waals surface area contributed by atoms with Gasteiger partial charge in [0.05, 0.1) is 6.61 Å². The van der Waals surface area contributed by atoms with Crippen molar-refractivity contribution in [2.45, 2.75) is 392 Å². The molecule has 0 aromatic rings. The highest BCUT2D eigenvalue weighted by atomic mass is 16.6. The maximum Gasteiger partial charge on any atom is 0.306 e. The van der Waals surface area contributed by atoms with Crippen LogP contribution in [0.1, 0.15) is 386 Å². The Hall–Kier alpha value is -3.96. The summed E-state index contributed by atoms with van der Waals surface area (Å²) in [6.45, 7) is 4.05. The molecule has 0 saturated carbocycles. The molecule has 5 nitrogen and oxygen atoms in total. The van der Waals surface area contributed by atoms with Gasteiger partial charge < -0.3 is 14.6 Å². The van der Waals surface area contributed by atoms with Gasteiger partial charge in [-0.3, -0.25) is 9.59 Å². The van der Waals surface area contributed by atoms with E-state index >= 15 is 0 Å². The van der Waals surface area contributed by atoms with Crippen LogP contribution in [-0.2, 0) is 19.1 Å². The summed E-state index contributed by atoms with van der Waals surface area (Å²) in [4.78, 5) is 24.7. The molecule has 1 unspecified atom stereocenters. The molecule has 0 aliphatic rings. The Morgan fingerprint density at radius 1 is 0.261 bits per heavy atom. The van der Waals surface area contributed by atoms with Gasteiger partial charge in [0.2, 0.25) is 0 Å². The van der Waals surface area contributed by atoms with Crippen LogP contribution in [0.25, 0.3) is 0 Å². The molecule has 1 atom stereocenters. The average molecular weight is 1280 g/mol. The molecular formula is C87H150O5. The number of carbonyl (C=O) groups is 2. The van der Waals surface area contributed by atoms with Gasteiger partial charge >= 0.3 is 11.9 Å². The van der Waals surface area contributed by atoms with E-state index in [1.54, 1.807) is 0 Å². The molecular weight excluding hydrogens is 1120 g/mol. The van der Waals surface area contributed by atoms with E-state index in [0.29, 0.717) is 12.8 Å². The van der Waals surface area contributed by atoms with Gasteiger partial charge in [-0.25, -0.2) is 0 Å². The Bertz CT molecular complexity index is 1840. The molecule has 0 bridgehead atoms. The summed E-state index contributed by atoms with van der Waals surface area (Å²) in [7, 11) is 0. The average Bonchev–Trinajstić information content (AvgIpc) is 3.75. The molecule has 0 heterocycles. The van der Waals surface area contributed by atoms with E-state index in [1.807, 2.05) is 0 Å². The zero-order valence-electron chi connectivity index (χ0n) is 60.8. The first-order valence-corrected chi connectivity index (χ1v) is 39.7. The fourth-order valence-electron chi connectivity index (χ4n) is 11.5. The fourth-order valence-corrected chi connectivity index (χ4v) is 11.5. The van der Waals surface area contributed by atoms with E-state index in [-0.39, 0.29) is 25.2 Å². The highest BCUT2D eigenvalue weighted by Crippen LogP contribution is 2.19. The second kappa shape index (κ2) is 81.3. The smallest absolute Gasteiger partial charge is 0.306 e. The third-order valence-corrected chi connectivity index (χ3v) is 17.4. The predicted octanol–water partition coefficient (Wildman–Crippen LogP) is 28.2. The van der Waals surface area contributed by atoms with Crippen LogP contribution < -0.4 is 0 Å². The molecule has 0 aliphatic carbocycles. The molecule has 0 amide bonds. The zero-order chi connectivity index (χ0) is 66.1. The number of carbonyl (C=O) groups excluding carboxylic acids is 2. The molecule has 0 radical (unpaired) electrons. The van der Waals surface area contributed by atoms with Crippen LogP contribution in [0.4, 0.5) is 0 Å². The standard InChI is InChI=1S/C87H150O5/c1-3-5-7-9-11-13-15-17-19-21-23-25-27-29-31-33-35-37-39-41-43-45-47-49-51-53-55-57-59-61-63-65-67-69-71-73-75-77-79-81-86(89)91-84-85(83-88)92-87(90)82-80-78-76-74-72-70-68-66-64-62-60-58-56-54-52-50-48-46-44-42-40-38-36-34-32-30-28-26-24-22-20-18-16-14-12-10-8-6-4-2/h6,8,12,14-15,17-18,20-21,23-24,26-27,29-30,32,36,38,42,44,48,50,85,88H,3-5,7,9-11,13,16,19,22,25,28,31,33-35,37,39-41,43,45-47,49,51-84H2,1-2H3/b8-6-,14-12-,17-15-,20-18-,23-21-,26-24-,29-27-,32-30-,38-36-,44-42-,50-48-. The molecule has 92 heavy (non-hydrogen) atoms. The highest BCUT2D eigenvalue weighted by molar-refractivity contribution is 5.70. The summed E-state index contributed by atoms with van der Waals surface area (Å²) in [5.74, 6) is -0.579. The first-order valence-electron chi connectivity index (χ1n) is 39.7. The van der Waals surface area contributed by atoms with Crippen LogP contribution in [0.5, 0.6) is 0 Å². The number of unbranched alkanes of at least 4 members (excludes halogenated alkanes) is 43. The quantitative estimate of drug-likeness (QED) is 0.0373. The maximum absolute atomic E-state index is 12.4. The van der Waals surface area contributed by atoms with Gasteiger partial charge in [-0.15, -0.1) is 0 Å². The summed E-state index contributed by atoms with van der Waals surface area (Å²) < 4.78 is 10.8. The number of aliphatic hydroxyl groups excluding tert-OH is 1. The largest absolute Gasteiger partial charge is 0.462 e. The fraction of sp³-hybridized carbons (Fsp3) is 0.724. The van der Waals surface area contributed by atoms with Crippen LogP contribution in [0.2, 0.25) is 0 Å². The van der Waals surface area contributed by atoms with E-state index in [2.05, 4.69) is 148 Å². The summed E-state index contributed by atoms with van der Waals surface area (Å²) in [6.07, 6.45) is 121. The van der Waals surface area contributed by atoms with Crippen molar-refractivity contribution in [2.24, 2.45) is 0 Å². The van der Waals surface area contributed by atoms with E-state index in [9.17, 15) is 14.7 Å². The minimum absolute atomic E-state index is 0.0668. The Morgan fingerprint density at radius 2 is 0.467 bits per heavy atom. The zero-order valence-corrected chi connectivity index (χ0v) is 60.8. The van der Waals surface area contributed by atoms with Crippen molar-refractivity contribution in [3.63, 3.8) is 0 Å². The molecule has 0 spiro atoms. The van der Waals surface area contributed by atoms with Gasteiger partial charge in [0.15, 0.2) is 6.10 Å². The van der Waals surface area contributed by atoms with Gasteiger partial charge in [0, 0.05) is 12.8 Å². The first-order chi connectivity index (χ1) is 45.6. The van der Waals surface area contributed by atoms with Gasteiger partial charge in [-0.05, 0) is 116 Å². The molecule has 0 saturated heterocycles. The van der Waals surface area contributed by atoms with Crippen molar-refractivity contribution in [2.75, 3.05) is 13.2 Å². The second-order valence-corrected chi connectivity index (χ2v) is 26.4. The van der Waals surface area contributed by atoms with E-state index in [4.69, 9.17) is 9.47 Å². The van der Waals surface area contributed by atoms with Crippen LogP contribution >= 0.6 is 0 Å².